The highest BCUT2D eigenvalue weighted by atomic mass is 19.1. The van der Waals surface area contributed by atoms with Gasteiger partial charge in [-0.05, 0) is 50.4 Å². The molecule has 0 fully saturated rings. The Bertz CT molecular complexity index is 1070. The van der Waals surface area contributed by atoms with Crippen LogP contribution in [0.5, 0.6) is 0 Å². The van der Waals surface area contributed by atoms with Gasteiger partial charge in [-0.15, -0.1) is 0 Å². The van der Waals surface area contributed by atoms with Crippen LogP contribution >= 0.6 is 0 Å². The average Bonchev–Trinajstić information content (AvgIpc) is 2.57. The first-order valence-electron chi connectivity index (χ1n) is 8.20. The van der Waals surface area contributed by atoms with Gasteiger partial charge in [-0.25, -0.2) is 8.78 Å². The molecule has 1 amide bonds. The summed E-state index contributed by atoms with van der Waals surface area (Å²) in [5.41, 5.74) is 0.620. The Labute approximate surface area is 149 Å². The topological polar surface area (TPSA) is 51.1 Å². The van der Waals surface area contributed by atoms with Crippen LogP contribution < -0.4 is 10.9 Å². The molecular formula is C20H18F2N2O2. The van der Waals surface area contributed by atoms with Gasteiger partial charge in [0.25, 0.3) is 11.5 Å². The van der Waals surface area contributed by atoms with Crippen molar-refractivity contribution in [3.8, 4) is 0 Å². The quantitative estimate of drug-likeness (QED) is 0.755. The summed E-state index contributed by atoms with van der Waals surface area (Å²) in [4.78, 5) is 25.6. The second-order valence-electron chi connectivity index (χ2n) is 6.47. The minimum Gasteiger partial charge on any atom is -0.318 e. The van der Waals surface area contributed by atoms with Crippen molar-refractivity contribution in [2.24, 2.45) is 0 Å². The van der Waals surface area contributed by atoms with Crippen LogP contribution in [0.4, 0.5) is 14.5 Å². The van der Waals surface area contributed by atoms with Crippen LogP contribution in [0.15, 0.2) is 47.3 Å². The van der Waals surface area contributed by atoms with Crippen LogP contribution in [0.25, 0.3) is 10.8 Å². The summed E-state index contributed by atoms with van der Waals surface area (Å²) in [5, 5.41) is 3.56. The zero-order valence-electron chi connectivity index (χ0n) is 14.6. The summed E-state index contributed by atoms with van der Waals surface area (Å²) in [6.45, 7) is 5.47. The number of aryl methyl sites for hydroxylation is 1. The predicted molar refractivity (Wildman–Crippen MR) is 97.6 cm³/mol. The predicted octanol–water partition coefficient (Wildman–Crippen LogP) is 4.42. The molecule has 2 aromatic carbocycles. The number of aromatic nitrogens is 1. The summed E-state index contributed by atoms with van der Waals surface area (Å²) >= 11 is 0. The minimum absolute atomic E-state index is 0.116. The largest absolute Gasteiger partial charge is 0.318 e. The number of rotatable bonds is 3. The van der Waals surface area contributed by atoms with Gasteiger partial charge in [0.2, 0.25) is 0 Å². The fraction of sp³-hybridized carbons (Fsp3) is 0.200. The van der Waals surface area contributed by atoms with E-state index in [1.807, 2.05) is 13.0 Å². The van der Waals surface area contributed by atoms with Gasteiger partial charge < -0.3 is 9.88 Å². The van der Waals surface area contributed by atoms with Crippen LogP contribution in [0.3, 0.4) is 0 Å². The number of hydrogen-bond donors (Lipinski definition) is 1. The van der Waals surface area contributed by atoms with E-state index in [4.69, 9.17) is 0 Å². The first kappa shape index (κ1) is 17.8. The Morgan fingerprint density at radius 2 is 1.81 bits per heavy atom. The van der Waals surface area contributed by atoms with E-state index in [1.54, 1.807) is 32.0 Å². The fourth-order valence-corrected chi connectivity index (χ4v) is 2.90. The molecular weight excluding hydrogens is 338 g/mol. The number of carbonyl (C=O) groups excluding carboxylic acids is 1. The van der Waals surface area contributed by atoms with Crippen molar-refractivity contribution in [3.05, 3.63) is 75.7 Å². The van der Waals surface area contributed by atoms with Crippen molar-refractivity contribution < 1.29 is 13.6 Å². The zero-order chi connectivity index (χ0) is 19.0. The van der Waals surface area contributed by atoms with Crippen molar-refractivity contribution in [2.75, 3.05) is 5.32 Å². The summed E-state index contributed by atoms with van der Waals surface area (Å²) in [6.07, 6.45) is 0. The highest BCUT2D eigenvalue weighted by molar-refractivity contribution is 6.05. The Hall–Kier alpha value is -3.02. The number of anilines is 1. The molecule has 0 unspecified atom stereocenters. The Kier molecular flexibility index (Phi) is 4.59. The van der Waals surface area contributed by atoms with Crippen molar-refractivity contribution in [2.45, 2.75) is 26.8 Å². The highest BCUT2D eigenvalue weighted by Gasteiger charge is 2.19. The van der Waals surface area contributed by atoms with Gasteiger partial charge >= 0.3 is 0 Å². The van der Waals surface area contributed by atoms with Crippen LogP contribution in [0.1, 0.15) is 35.9 Å². The summed E-state index contributed by atoms with van der Waals surface area (Å²) < 4.78 is 28.3. The molecule has 26 heavy (non-hydrogen) atoms. The molecule has 1 heterocycles. The lowest BCUT2D eigenvalue weighted by atomic mass is 10.1. The molecule has 0 atom stereocenters. The van der Waals surface area contributed by atoms with E-state index in [2.05, 4.69) is 5.32 Å². The minimum atomic E-state index is -0.881. The zero-order valence-corrected chi connectivity index (χ0v) is 14.6. The Morgan fingerprint density at radius 3 is 2.46 bits per heavy atom. The molecule has 0 saturated carbocycles. The molecule has 1 aromatic heterocycles. The van der Waals surface area contributed by atoms with E-state index >= 15 is 0 Å². The Balaban J connectivity index is 2.13. The van der Waals surface area contributed by atoms with Crippen molar-refractivity contribution in [3.63, 3.8) is 0 Å². The van der Waals surface area contributed by atoms with Gasteiger partial charge in [-0.1, -0.05) is 17.7 Å². The standard InChI is InChI=1S/C20H18F2N2O2/c1-11(2)24-18(9-13-5-4-12(3)8-15(13)20(24)26)19(25)23-17-7-6-14(21)10-16(17)22/h4-11H,1-3H3,(H,23,25). The van der Waals surface area contributed by atoms with Gasteiger partial charge in [0, 0.05) is 17.5 Å². The molecule has 0 radical (unpaired) electrons. The third-order valence-corrected chi connectivity index (χ3v) is 4.14. The molecule has 0 spiro atoms. The van der Waals surface area contributed by atoms with E-state index in [0.717, 1.165) is 17.7 Å². The smallest absolute Gasteiger partial charge is 0.272 e. The maximum atomic E-state index is 13.8. The van der Waals surface area contributed by atoms with Gasteiger partial charge in [-0.2, -0.15) is 0 Å². The van der Waals surface area contributed by atoms with E-state index in [-0.39, 0.29) is 23.0 Å². The third-order valence-electron chi connectivity index (χ3n) is 4.14. The first-order chi connectivity index (χ1) is 12.3. The second kappa shape index (κ2) is 6.71. The third kappa shape index (κ3) is 3.22. The SMILES string of the molecule is Cc1ccc2cc(C(=O)Nc3ccc(F)cc3F)n(C(C)C)c(=O)c2c1. The second-order valence-corrected chi connectivity index (χ2v) is 6.47. The van der Waals surface area contributed by atoms with Crippen LogP contribution in [-0.2, 0) is 0 Å². The molecule has 6 heteroatoms. The molecule has 0 aliphatic rings. The maximum absolute atomic E-state index is 13.8. The summed E-state index contributed by atoms with van der Waals surface area (Å²) in [6, 6.07) is 9.61. The Morgan fingerprint density at radius 1 is 1.08 bits per heavy atom. The number of nitrogens with one attached hydrogen (secondary N) is 1. The number of halogens is 2. The number of nitrogens with zero attached hydrogens (tertiary/aromatic N) is 1. The average molecular weight is 356 g/mol. The normalized spacial score (nSPS) is 11.2. The van der Waals surface area contributed by atoms with Crippen molar-refractivity contribution >= 4 is 22.4 Å². The van der Waals surface area contributed by atoms with E-state index in [1.165, 1.54) is 4.57 Å². The monoisotopic (exact) mass is 356 g/mol. The molecule has 3 rings (SSSR count). The summed E-state index contributed by atoms with van der Waals surface area (Å²) in [7, 11) is 0. The summed E-state index contributed by atoms with van der Waals surface area (Å²) in [5.74, 6) is -2.25. The van der Waals surface area contributed by atoms with E-state index in [9.17, 15) is 18.4 Å². The number of fused-ring (bicyclic) bond motifs is 1. The van der Waals surface area contributed by atoms with E-state index in [0.29, 0.717) is 16.8 Å². The van der Waals surface area contributed by atoms with Crippen LogP contribution in [0.2, 0.25) is 0 Å². The molecule has 0 saturated heterocycles. The van der Waals surface area contributed by atoms with Gasteiger partial charge in [0.1, 0.15) is 17.3 Å². The number of benzene rings is 2. The molecule has 0 bridgehead atoms. The number of pyridine rings is 1. The van der Waals surface area contributed by atoms with Crippen LogP contribution in [-0.4, -0.2) is 10.5 Å². The van der Waals surface area contributed by atoms with Crippen molar-refractivity contribution in [1.82, 2.24) is 4.57 Å². The maximum Gasteiger partial charge on any atom is 0.272 e. The fourth-order valence-electron chi connectivity index (χ4n) is 2.90. The van der Waals surface area contributed by atoms with E-state index < -0.39 is 17.5 Å². The molecule has 0 aliphatic heterocycles. The molecule has 1 N–H and O–H groups in total. The van der Waals surface area contributed by atoms with Gasteiger partial charge in [0.15, 0.2) is 0 Å². The number of carbonyl (C=O) groups is 1. The molecule has 134 valence electrons. The number of amides is 1. The van der Waals surface area contributed by atoms with Crippen molar-refractivity contribution in [1.29, 1.82) is 0 Å². The first-order valence-corrected chi connectivity index (χ1v) is 8.20. The molecule has 3 aromatic rings. The molecule has 4 nitrogen and oxygen atoms in total. The van der Waals surface area contributed by atoms with Crippen LogP contribution in [0, 0.1) is 18.6 Å². The van der Waals surface area contributed by atoms with Gasteiger partial charge in [-0.3, -0.25) is 9.59 Å². The van der Waals surface area contributed by atoms with Gasteiger partial charge in [0.05, 0.1) is 5.69 Å². The lowest BCUT2D eigenvalue weighted by molar-refractivity contribution is 0.101. The molecule has 0 aliphatic carbocycles. The lowest BCUT2D eigenvalue weighted by Crippen LogP contribution is -2.30. The number of hydrogen-bond acceptors (Lipinski definition) is 2. The lowest BCUT2D eigenvalue weighted by Gasteiger charge is -2.17. The highest BCUT2D eigenvalue weighted by Crippen LogP contribution is 2.20.